The van der Waals surface area contributed by atoms with Gasteiger partial charge in [-0.05, 0) is 48.5 Å². The van der Waals surface area contributed by atoms with E-state index in [2.05, 4.69) is 22.2 Å². The van der Waals surface area contributed by atoms with Gasteiger partial charge in [-0.2, -0.15) is 13.2 Å². The van der Waals surface area contributed by atoms with E-state index in [1.54, 1.807) is 0 Å². The number of halogens is 4. The van der Waals surface area contributed by atoms with Gasteiger partial charge in [0.15, 0.2) is 11.9 Å². The van der Waals surface area contributed by atoms with E-state index < -0.39 is 29.9 Å². The number of nitrogens with two attached hydrogens (primary N) is 1. The SMILES string of the molecule is C=CC(O)Nc1cc(Cl)cc(NC(O)C(=CN)C(=Nc2ccc(OC)cc2)C(F)(F)F)c1. The van der Waals surface area contributed by atoms with Crippen molar-refractivity contribution >= 4 is 34.4 Å². The third kappa shape index (κ3) is 6.91. The lowest BCUT2D eigenvalue weighted by Crippen LogP contribution is -2.35. The number of aliphatic imine (C=N–C) groups is 1. The number of aliphatic hydroxyl groups is 2. The van der Waals surface area contributed by atoms with Crippen LogP contribution in [0.25, 0.3) is 0 Å². The molecule has 2 unspecified atom stereocenters. The van der Waals surface area contributed by atoms with E-state index in [1.807, 2.05) is 0 Å². The summed E-state index contributed by atoms with van der Waals surface area (Å²) in [5.41, 5.74) is 3.82. The first-order valence-corrected chi connectivity index (χ1v) is 9.49. The fourth-order valence-electron chi connectivity index (χ4n) is 2.60. The fourth-order valence-corrected chi connectivity index (χ4v) is 2.83. The largest absolute Gasteiger partial charge is 0.497 e. The van der Waals surface area contributed by atoms with Gasteiger partial charge in [0, 0.05) is 28.2 Å². The number of nitrogens with one attached hydrogen (secondary N) is 2. The molecular weight excluding hydrogens is 449 g/mol. The molecule has 7 nitrogen and oxygen atoms in total. The van der Waals surface area contributed by atoms with Crippen LogP contribution in [0.4, 0.5) is 30.2 Å². The zero-order chi connectivity index (χ0) is 23.9. The molecule has 2 aromatic carbocycles. The van der Waals surface area contributed by atoms with Crippen molar-refractivity contribution in [3.63, 3.8) is 0 Å². The molecule has 0 heterocycles. The first kappa shape index (κ1) is 25.1. The van der Waals surface area contributed by atoms with Crippen molar-refractivity contribution in [2.45, 2.75) is 18.6 Å². The Hall–Kier alpha value is -3.21. The predicted octanol–water partition coefficient (Wildman–Crippen LogP) is 4.17. The smallest absolute Gasteiger partial charge is 0.433 e. The first-order chi connectivity index (χ1) is 15.1. The predicted molar refractivity (Wildman–Crippen MR) is 119 cm³/mol. The van der Waals surface area contributed by atoms with E-state index in [0.29, 0.717) is 17.6 Å². The summed E-state index contributed by atoms with van der Waals surface area (Å²) < 4.78 is 46.2. The third-order valence-electron chi connectivity index (χ3n) is 4.07. The highest BCUT2D eigenvalue weighted by Gasteiger charge is 2.40. The maximum Gasteiger partial charge on any atom is 0.433 e. The number of alkyl halides is 3. The molecule has 0 saturated heterocycles. The first-order valence-electron chi connectivity index (χ1n) is 9.11. The number of ether oxygens (including phenoxy) is 1. The zero-order valence-corrected chi connectivity index (χ0v) is 17.7. The lowest BCUT2D eigenvalue weighted by Gasteiger charge is -2.21. The van der Waals surface area contributed by atoms with Gasteiger partial charge >= 0.3 is 6.18 Å². The summed E-state index contributed by atoms with van der Waals surface area (Å²) in [5.74, 6) is 0.445. The summed E-state index contributed by atoms with van der Waals surface area (Å²) in [6.45, 7) is 3.42. The normalized spacial score (nSPS) is 14.5. The molecule has 0 aliphatic heterocycles. The fraction of sp³-hybridized carbons (Fsp3) is 0.190. The Morgan fingerprint density at radius 2 is 1.75 bits per heavy atom. The van der Waals surface area contributed by atoms with Crippen LogP contribution in [0.2, 0.25) is 5.02 Å². The van der Waals surface area contributed by atoms with Gasteiger partial charge in [0.05, 0.1) is 12.8 Å². The minimum absolute atomic E-state index is 0.0164. The van der Waals surface area contributed by atoms with E-state index in [4.69, 9.17) is 22.1 Å². The number of anilines is 2. The molecule has 11 heteroatoms. The van der Waals surface area contributed by atoms with Crippen molar-refractivity contribution in [1.82, 2.24) is 0 Å². The van der Waals surface area contributed by atoms with Crippen LogP contribution in [0.15, 0.2) is 71.9 Å². The van der Waals surface area contributed by atoms with Gasteiger partial charge in [0.1, 0.15) is 12.0 Å². The van der Waals surface area contributed by atoms with Crippen LogP contribution in [-0.2, 0) is 0 Å². The van der Waals surface area contributed by atoms with Crippen LogP contribution in [0.1, 0.15) is 0 Å². The Morgan fingerprint density at radius 1 is 1.16 bits per heavy atom. The molecule has 0 aliphatic carbocycles. The molecule has 0 radical (unpaired) electrons. The number of hydrogen-bond acceptors (Lipinski definition) is 7. The Morgan fingerprint density at radius 3 is 2.25 bits per heavy atom. The number of nitrogens with zero attached hydrogens (tertiary/aromatic N) is 1. The van der Waals surface area contributed by atoms with Crippen molar-refractivity contribution in [1.29, 1.82) is 0 Å². The van der Waals surface area contributed by atoms with E-state index >= 15 is 0 Å². The summed E-state index contributed by atoms with van der Waals surface area (Å²) in [7, 11) is 1.42. The van der Waals surface area contributed by atoms with Crippen LogP contribution < -0.4 is 21.1 Å². The molecule has 0 spiro atoms. The van der Waals surface area contributed by atoms with Crippen LogP contribution in [-0.4, -0.2) is 41.7 Å². The van der Waals surface area contributed by atoms with Gasteiger partial charge in [0.2, 0.25) is 0 Å². The van der Waals surface area contributed by atoms with E-state index in [-0.39, 0.29) is 16.4 Å². The summed E-state index contributed by atoms with van der Waals surface area (Å²) in [5, 5.41) is 25.4. The average molecular weight is 471 g/mol. The molecule has 0 amide bonds. The van der Waals surface area contributed by atoms with E-state index in [9.17, 15) is 23.4 Å². The molecule has 0 aliphatic rings. The number of rotatable bonds is 9. The Balaban J connectivity index is 2.35. The topological polar surface area (TPSA) is 112 Å². The van der Waals surface area contributed by atoms with E-state index in [0.717, 1.165) is 0 Å². The quantitative estimate of drug-likeness (QED) is 0.213. The van der Waals surface area contributed by atoms with Crippen molar-refractivity contribution < 1.29 is 28.1 Å². The van der Waals surface area contributed by atoms with Gasteiger partial charge in [0.25, 0.3) is 0 Å². The van der Waals surface area contributed by atoms with Crippen LogP contribution >= 0.6 is 11.6 Å². The highest BCUT2D eigenvalue weighted by atomic mass is 35.5. The summed E-state index contributed by atoms with van der Waals surface area (Å²) in [6.07, 6.45) is -6.03. The number of methoxy groups -OCH3 is 1. The maximum absolute atomic E-state index is 13.7. The molecule has 32 heavy (non-hydrogen) atoms. The molecule has 172 valence electrons. The van der Waals surface area contributed by atoms with Crippen LogP contribution in [0.3, 0.4) is 0 Å². The molecule has 2 rings (SSSR count). The van der Waals surface area contributed by atoms with Gasteiger partial charge in [-0.1, -0.05) is 18.2 Å². The second-order valence-electron chi connectivity index (χ2n) is 6.38. The zero-order valence-electron chi connectivity index (χ0n) is 16.9. The van der Waals surface area contributed by atoms with Crippen molar-refractivity contribution in [3.05, 3.63) is 71.9 Å². The van der Waals surface area contributed by atoms with Crippen LogP contribution in [0.5, 0.6) is 5.75 Å². The van der Waals surface area contributed by atoms with Gasteiger partial charge < -0.3 is 31.3 Å². The second-order valence-corrected chi connectivity index (χ2v) is 6.81. The molecular formula is C21H22ClF3N4O3. The highest BCUT2D eigenvalue weighted by Crippen LogP contribution is 2.29. The number of aliphatic hydroxyl groups excluding tert-OH is 2. The molecule has 2 aromatic rings. The summed E-state index contributed by atoms with van der Waals surface area (Å²) in [4.78, 5) is 3.63. The Bertz CT molecular complexity index is 995. The van der Waals surface area contributed by atoms with Gasteiger partial charge in [-0.25, -0.2) is 4.99 Å². The third-order valence-corrected chi connectivity index (χ3v) is 4.29. The van der Waals surface area contributed by atoms with Crippen LogP contribution in [0, 0.1) is 0 Å². The van der Waals surface area contributed by atoms with Crippen molar-refractivity contribution in [3.8, 4) is 5.75 Å². The van der Waals surface area contributed by atoms with Crippen molar-refractivity contribution in [2.24, 2.45) is 10.7 Å². The maximum atomic E-state index is 13.7. The lowest BCUT2D eigenvalue weighted by atomic mass is 10.1. The lowest BCUT2D eigenvalue weighted by molar-refractivity contribution is -0.0589. The molecule has 0 saturated carbocycles. The molecule has 0 bridgehead atoms. The molecule has 0 fully saturated rings. The summed E-state index contributed by atoms with van der Waals surface area (Å²) in [6, 6.07) is 9.83. The standard InChI is InChI=1S/C21H22ClF3N4O3/c1-3-18(30)27-14-8-12(22)9-15(10-14)29-20(31)17(11-26)19(21(23,24)25)28-13-4-6-16(32-2)7-5-13/h3-11,18,20,27,29-31H,1,26H2,2H3. The highest BCUT2D eigenvalue weighted by molar-refractivity contribution is 6.31. The minimum Gasteiger partial charge on any atom is -0.497 e. The summed E-state index contributed by atoms with van der Waals surface area (Å²) >= 11 is 6.02. The Kier molecular flexibility index (Phi) is 8.53. The van der Waals surface area contributed by atoms with Crippen molar-refractivity contribution in [2.75, 3.05) is 17.7 Å². The molecule has 2 atom stereocenters. The average Bonchev–Trinajstić information content (AvgIpc) is 2.72. The monoisotopic (exact) mass is 470 g/mol. The van der Waals surface area contributed by atoms with E-state index in [1.165, 1.54) is 55.7 Å². The van der Waals surface area contributed by atoms with Gasteiger partial charge in [-0.15, -0.1) is 0 Å². The second kappa shape index (κ2) is 10.9. The minimum atomic E-state index is -4.91. The molecule has 0 aromatic heterocycles. The Labute approximate surface area is 187 Å². The molecule has 6 N–H and O–H groups in total. The van der Waals surface area contributed by atoms with Gasteiger partial charge in [-0.3, -0.25) is 0 Å². The number of hydrogen-bond donors (Lipinski definition) is 5. The number of benzene rings is 2.